The summed E-state index contributed by atoms with van der Waals surface area (Å²) in [6.45, 7) is 4.38. The Morgan fingerprint density at radius 3 is 2.75 bits per heavy atom. The van der Waals surface area contributed by atoms with Crippen LogP contribution in [0.25, 0.3) is 0 Å². The Bertz CT molecular complexity index is 347. The van der Waals surface area contributed by atoms with Crippen LogP contribution >= 0.6 is 27.5 Å². The van der Waals surface area contributed by atoms with Crippen molar-refractivity contribution in [2.45, 2.75) is 26.3 Å². The van der Waals surface area contributed by atoms with Crippen LogP contribution in [0.1, 0.15) is 20.3 Å². The van der Waals surface area contributed by atoms with Gasteiger partial charge in [0.15, 0.2) is 0 Å². The molecular weight excluding hydrogens is 291 g/mol. The Hall–Kier alpha value is -0.320. The fraction of sp³-hybridized carbons (Fsp3) is 0.545. The fourth-order valence-corrected chi connectivity index (χ4v) is 2.16. The van der Waals surface area contributed by atoms with Gasteiger partial charge in [0.05, 0.1) is 9.50 Å². The van der Waals surface area contributed by atoms with Crippen molar-refractivity contribution < 1.29 is 5.11 Å². The molecule has 0 saturated carbocycles. The molecule has 0 aliphatic rings. The molecule has 0 fully saturated rings. The smallest absolute Gasteiger partial charge is 0.140 e. The second-order valence-corrected chi connectivity index (χ2v) is 5.28. The summed E-state index contributed by atoms with van der Waals surface area (Å²) in [6.07, 6.45) is 2.30. The van der Waals surface area contributed by atoms with Gasteiger partial charge in [0.25, 0.3) is 0 Å². The summed E-state index contributed by atoms with van der Waals surface area (Å²) >= 11 is 9.22. The number of hydrogen-bond donors (Lipinski definition) is 2. The van der Waals surface area contributed by atoms with Gasteiger partial charge in [-0.15, -0.1) is 0 Å². The van der Waals surface area contributed by atoms with Crippen LogP contribution in [0, 0.1) is 5.92 Å². The predicted molar refractivity (Wildman–Crippen MR) is 70.9 cm³/mol. The number of nitrogens with one attached hydrogen (secondary N) is 1. The predicted octanol–water partition coefficient (Wildman–Crippen LogP) is 3.32. The van der Waals surface area contributed by atoms with Crippen LogP contribution in [0.15, 0.2) is 16.7 Å². The average molecular weight is 308 g/mol. The minimum absolute atomic E-state index is 0.168. The topological polar surface area (TPSA) is 45.1 Å². The Balaban J connectivity index is 2.77. The van der Waals surface area contributed by atoms with Gasteiger partial charge in [0.1, 0.15) is 5.82 Å². The normalized spacial score (nSPS) is 12.9. The number of anilines is 1. The van der Waals surface area contributed by atoms with Crippen molar-refractivity contribution in [2.24, 2.45) is 5.92 Å². The van der Waals surface area contributed by atoms with Gasteiger partial charge in [0.2, 0.25) is 0 Å². The lowest BCUT2D eigenvalue weighted by molar-refractivity contribution is 0.267. The second kappa shape index (κ2) is 6.42. The summed E-state index contributed by atoms with van der Waals surface area (Å²) in [5, 5.41) is 12.9. The minimum atomic E-state index is 0.168. The zero-order valence-electron chi connectivity index (χ0n) is 9.37. The Labute approximate surface area is 109 Å². The number of halogens is 2. The Morgan fingerprint density at radius 2 is 2.25 bits per heavy atom. The van der Waals surface area contributed by atoms with E-state index in [9.17, 15) is 0 Å². The zero-order chi connectivity index (χ0) is 12.1. The molecule has 1 rings (SSSR count). The zero-order valence-corrected chi connectivity index (χ0v) is 11.7. The SMILES string of the molecule is CC(C)C(CCO)Nc1ncc(Cl)cc1Br. The van der Waals surface area contributed by atoms with Gasteiger partial charge in [-0.1, -0.05) is 25.4 Å². The molecule has 3 nitrogen and oxygen atoms in total. The van der Waals surface area contributed by atoms with E-state index in [-0.39, 0.29) is 12.6 Å². The van der Waals surface area contributed by atoms with Gasteiger partial charge >= 0.3 is 0 Å². The first-order chi connectivity index (χ1) is 7.54. The number of nitrogens with zero attached hydrogens (tertiary/aromatic N) is 1. The van der Waals surface area contributed by atoms with Gasteiger partial charge in [0, 0.05) is 18.8 Å². The number of pyridine rings is 1. The third kappa shape index (κ3) is 3.92. The molecule has 1 heterocycles. The maximum absolute atomic E-state index is 8.98. The number of aliphatic hydroxyl groups is 1. The molecular formula is C11H16BrClN2O. The summed E-state index contributed by atoms with van der Waals surface area (Å²) in [6, 6.07) is 2.00. The van der Waals surface area contributed by atoms with E-state index in [0.29, 0.717) is 17.4 Å². The van der Waals surface area contributed by atoms with Crippen LogP contribution in [-0.4, -0.2) is 22.7 Å². The van der Waals surface area contributed by atoms with Gasteiger partial charge in [-0.2, -0.15) is 0 Å². The molecule has 16 heavy (non-hydrogen) atoms. The maximum Gasteiger partial charge on any atom is 0.140 e. The lowest BCUT2D eigenvalue weighted by Crippen LogP contribution is -2.27. The highest BCUT2D eigenvalue weighted by Gasteiger charge is 2.14. The van der Waals surface area contributed by atoms with Crippen molar-refractivity contribution in [1.82, 2.24) is 4.98 Å². The molecule has 2 N–H and O–H groups in total. The van der Waals surface area contributed by atoms with Crippen LogP contribution < -0.4 is 5.32 Å². The van der Waals surface area contributed by atoms with E-state index in [2.05, 4.69) is 40.1 Å². The molecule has 0 bridgehead atoms. The van der Waals surface area contributed by atoms with Crippen molar-refractivity contribution >= 4 is 33.3 Å². The third-order valence-electron chi connectivity index (χ3n) is 2.37. The standard InChI is InChI=1S/C11H16BrClN2O/c1-7(2)10(3-4-16)15-11-9(12)5-8(13)6-14-11/h5-7,10,16H,3-4H2,1-2H3,(H,14,15). The van der Waals surface area contributed by atoms with Crippen molar-refractivity contribution in [3.05, 3.63) is 21.8 Å². The average Bonchev–Trinajstić information content (AvgIpc) is 2.20. The summed E-state index contributed by atoms with van der Waals surface area (Å²) < 4.78 is 0.837. The van der Waals surface area contributed by atoms with Crippen LogP contribution in [0.5, 0.6) is 0 Å². The molecule has 90 valence electrons. The van der Waals surface area contributed by atoms with E-state index >= 15 is 0 Å². The van der Waals surface area contributed by atoms with Gasteiger partial charge in [-0.05, 0) is 34.3 Å². The molecule has 1 aromatic heterocycles. The molecule has 0 aromatic carbocycles. The number of hydrogen-bond acceptors (Lipinski definition) is 3. The summed E-state index contributed by atoms with van der Waals surface area (Å²) in [5.74, 6) is 1.19. The first-order valence-electron chi connectivity index (χ1n) is 5.23. The lowest BCUT2D eigenvalue weighted by atomic mass is 10.0. The monoisotopic (exact) mass is 306 g/mol. The summed E-state index contributed by atoms with van der Waals surface area (Å²) in [5.41, 5.74) is 0. The number of aliphatic hydroxyl groups excluding tert-OH is 1. The van der Waals surface area contributed by atoms with E-state index in [1.165, 1.54) is 0 Å². The molecule has 1 atom stereocenters. The van der Waals surface area contributed by atoms with Crippen molar-refractivity contribution in [3.8, 4) is 0 Å². The lowest BCUT2D eigenvalue weighted by Gasteiger charge is -2.22. The van der Waals surface area contributed by atoms with E-state index < -0.39 is 0 Å². The van der Waals surface area contributed by atoms with Gasteiger partial charge in [-0.3, -0.25) is 0 Å². The molecule has 1 aromatic rings. The summed E-state index contributed by atoms with van der Waals surface area (Å²) in [7, 11) is 0. The van der Waals surface area contributed by atoms with Crippen LogP contribution in [0.4, 0.5) is 5.82 Å². The van der Waals surface area contributed by atoms with Crippen molar-refractivity contribution in [3.63, 3.8) is 0 Å². The maximum atomic E-state index is 8.98. The molecule has 5 heteroatoms. The second-order valence-electron chi connectivity index (χ2n) is 3.99. The first kappa shape index (κ1) is 13.7. The third-order valence-corrected chi connectivity index (χ3v) is 3.19. The largest absolute Gasteiger partial charge is 0.396 e. The Kier molecular flexibility index (Phi) is 5.52. The first-order valence-corrected chi connectivity index (χ1v) is 6.40. The van der Waals surface area contributed by atoms with E-state index in [1.807, 2.05) is 0 Å². The van der Waals surface area contributed by atoms with Crippen LogP contribution in [0.2, 0.25) is 5.02 Å². The number of aromatic nitrogens is 1. The highest BCUT2D eigenvalue weighted by molar-refractivity contribution is 9.10. The van der Waals surface area contributed by atoms with Gasteiger partial charge < -0.3 is 10.4 Å². The van der Waals surface area contributed by atoms with Crippen molar-refractivity contribution in [2.75, 3.05) is 11.9 Å². The molecule has 1 unspecified atom stereocenters. The molecule has 0 saturated heterocycles. The van der Waals surface area contributed by atoms with Crippen LogP contribution in [0.3, 0.4) is 0 Å². The number of rotatable bonds is 5. The van der Waals surface area contributed by atoms with Crippen LogP contribution in [-0.2, 0) is 0 Å². The molecule has 0 aliphatic heterocycles. The Morgan fingerprint density at radius 1 is 1.56 bits per heavy atom. The van der Waals surface area contributed by atoms with E-state index in [0.717, 1.165) is 10.3 Å². The molecule has 0 spiro atoms. The summed E-state index contributed by atoms with van der Waals surface area (Å²) in [4.78, 5) is 4.21. The minimum Gasteiger partial charge on any atom is -0.396 e. The van der Waals surface area contributed by atoms with Crippen molar-refractivity contribution in [1.29, 1.82) is 0 Å². The highest BCUT2D eigenvalue weighted by atomic mass is 79.9. The van der Waals surface area contributed by atoms with Gasteiger partial charge in [-0.25, -0.2) is 4.98 Å². The van der Waals surface area contributed by atoms with E-state index in [4.69, 9.17) is 16.7 Å². The highest BCUT2D eigenvalue weighted by Crippen LogP contribution is 2.25. The quantitative estimate of drug-likeness (QED) is 0.877. The molecule has 0 aliphatic carbocycles. The fourth-order valence-electron chi connectivity index (χ4n) is 1.41. The molecule has 0 amide bonds. The van der Waals surface area contributed by atoms with E-state index in [1.54, 1.807) is 12.3 Å². The molecule has 0 radical (unpaired) electrons.